The van der Waals surface area contributed by atoms with Gasteiger partial charge in [0.05, 0.1) is 7.11 Å². The molecule has 4 heteroatoms. The van der Waals surface area contributed by atoms with E-state index in [1.807, 2.05) is 18.2 Å². The van der Waals surface area contributed by atoms with Crippen LogP contribution in [0, 0.1) is 5.92 Å². The lowest BCUT2D eigenvalue weighted by molar-refractivity contribution is 0.285. The summed E-state index contributed by atoms with van der Waals surface area (Å²) in [6.45, 7) is 2.79. The van der Waals surface area contributed by atoms with Gasteiger partial charge in [0.15, 0.2) is 5.90 Å². The largest absolute Gasteiger partial charge is 0.497 e. The Labute approximate surface area is 113 Å². The van der Waals surface area contributed by atoms with E-state index in [1.165, 1.54) is 5.56 Å². The van der Waals surface area contributed by atoms with Crippen molar-refractivity contribution in [1.82, 2.24) is 5.32 Å². The van der Waals surface area contributed by atoms with Crippen LogP contribution in [-0.2, 0) is 4.74 Å². The summed E-state index contributed by atoms with van der Waals surface area (Å²) in [7, 11) is 1.69. The van der Waals surface area contributed by atoms with E-state index in [-0.39, 0.29) is 6.04 Å². The highest BCUT2D eigenvalue weighted by atomic mass is 16.5. The summed E-state index contributed by atoms with van der Waals surface area (Å²) in [4.78, 5) is 4.77. The highest BCUT2D eigenvalue weighted by Gasteiger charge is 2.27. The molecule has 1 unspecified atom stereocenters. The van der Waals surface area contributed by atoms with Crippen molar-refractivity contribution in [2.45, 2.75) is 18.9 Å². The molecule has 0 radical (unpaired) electrons. The van der Waals surface area contributed by atoms with Gasteiger partial charge in [-0.2, -0.15) is 0 Å². The Morgan fingerprint density at radius 3 is 2.95 bits per heavy atom. The molecule has 4 nitrogen and oxygen atoms in total. The maximum atomic E-state index is 5.81. The average Bonchev–Trinajstić information content (AvgIpc) is 2.98. The predicted molar refractivity (Wildman–Crippen MR) is 74.7 cm³/mol. The fraction of sp³-hybridized carbons (Fsp3) is 0.533. The molecule has 102 valence electrons. The Bertz CT molecular complexity index is 467. The van der Waals surface area contributed by atoms with Crippen LogP contribution in [0.3, 0.4) is 0 Å². The van der Waals surface area contributed by atoms with Gasteiger partial charge in [-0.3, -0.25) is 0 Å². The number of nitrogens with zero attached hydrogens (tertiary/aromatic N) is 1. The molecule has 1 N–H and O–H groups in total. The van der Waals surface area contributed by atoms with E-state index in [0.29, 0.717) is 12.5 Å². The van der Waals surface area contributed by atoms with Gasteiger partial charge >= 0.3 is 0 Å². The Hall–Kier alpha value is -1.55. The van der Waals surface area contributed by atoms with Crippen LogP contribution < -0.4 is 10.1 Å². The maximum absolute atomic E-state index is 5.81. The van der Waals surface area contributed by atoms with Gasteiger partial charge in [0.1, 0.15) is 18.4 Å². The molecule has 1 saturated heterocycles. The first-order chi connectivity index (χ1) is 9.36. The Balaban J connectivity index is 1.74. The standard InChI is InChI=1S/C15H20N2O2/c1-18-13-4-2-3-12(9-13)14-10-19-15(17-14)11-5-7-16-8-6-11/h2-4,9,11,14,16H,5-8,10H2,1H3. The molecule has 0 bridgehead atoms. The summed E-state index contributed by atoms with van der Waals surface area (Å²) in [5, 5.41) is 3.37. The van der Waals surface area contributed by atoms with Crippen molar-refractivity contribution in [2.24, 2.45) is 10.9 Å². The fourth-order valence-electron chi connectivity index (χ4n) is 2.70. The second-order valence-electron chi connectivity index (χ2n) is 5.10. The van der Waals surface area contributed by atoms with E-state index in [2.05, 4.69) is 11.4 Å². The van der Waals surface area contributed by atoms with Crippen LogP contribution in [0.2, 0.25) is 0 Å². The van der Waals surface area contributed by atoms with Crippen molar-refractivity contribution in [1.29, 1.82) is 0 Å². The number of aliphatic imine (C=N–C) groups is 1. The minimum atomic E-state index is 0.125. The monoisotopic (exact) mass is 260 g/mol. The van der Waals surface area contributed by atoms with Crippen molar-refractivity contribution in [3.8, 4) is 5.75 Å². The number of ether oxygens (including phenoxy) is 2. The molecule has 0 aromatic heterocycles. The summed E-state index contributed by atoms with van der Waals surface area (Å²) in [6, 6.07) is 8.22. The SMILES string of the molecule is COc1cccc(C2COC(C3CCNCC3)=N2)c1. The highest BCUT2D eigenvalue weighted by molar-refractivity contribution is 5.80. The predicted octanol–water partition coefficient (Wildman–Crippen LogP) is 2.16. The zero-order valence-electron chi connectivity index (χ0n) is 11.3. The lowest BCUT2D eigenvalue weighted by Crippen LogP contribution is -2.31. The van der Waals surface area contributed by atoms with Gasteiger partial charge in [-0.1, -0.05) is 12.1 Å². The van der Waals surface area contributed by atoms with Crippen molar-refractivity contribution in [3.63, 3.8) is 0 Å². The molecule has 0 saturated carbocycles. The second-order valence-corrected chi connectivity index (χ2v) is 5.10. The number of hydrogen-bond acceptors (Lipinski definition) is 4. The first-order valence-electron chi connectivity index (χ1n) is 6.92. The normalized spacial score (nSPS) is 23.8. The Kier molecular flexibility index (Phi) is 3.69. The smallest absolute Gasteiger partial charge is 0.187 e. The zero-order chi connectivity index (χ0) is 13.1. The van der Waals surface area contributed by atoms with E-state index in [9.17, 15) is 0 Å². The Morgan fingerprint density at radius 1 is 1.32 bits per heavy atom. The lowest BCUT2D eigenvalue weighted by Gasteiger charge is -2.21. The summed E-state index contributed by atoms with van der Waals surface area (Å²) < 4.78 is 11.1. The molecule has 1 atom stereocenters. The first kappa shape index (κ1) is 12.5. The topological polar surface area (TPSA) is 42.9 Å². The lowest BCUT2D eigenvalue weighted by atomic mass is 9.98. The number of nitrogens with one attached hydrogen (secondary N) is 1. The minimum Gasteiger partial charge on any atom is -0.497 e. The van der Waals surface area contributed by atoms with Gasteiger partial charge < -0.3 is 14.8 Å². The summed E-state index contributed by atoms with van der Waals surface area (Å²) in [5.41, 5.74) is 1.17. The van der Waals surface area contributed by atoms with Crippen LogP contribution in [0.15, 0.2) is 29.3 Å². The minimum absolute atomic E-state index is 0.125. The van der Waals surface area contributed by atoms with Crippen LogP contribution in [0.4, 0.5) is 0 Å². The highest BCUT2D eigenvalue weighted by Crippen LogP contribution is 2.29. The van der Waals surface area contributed by atoms with Crippen LogP contribution in [0.1, 0.15) is 24.4 Å². The summed E-state index contributed by atoms with van der Waals surface area (Å²) >= 11 is 0. The second kappa shape index (κ2) is 5.61. The van der Waals surface area contributed by atoms with E-state index >= 15 is 0 Å². The summed E-state index contributed by atoms with van der Waals surface area (Å²) in [5.74, 6) is 2.33. The van der Waals surface area contributed by atoms with Crippen molar-refractivity contribution < 1.29 is 9.47 Å². The number of methoxy groups -OCH3 is 1. The maximum Gasteiger partial charge on any atom is 0.187 e. The van der Waals surface area contributed by atoms with E-state index in [0.717, 1.165) is 37.6 Å². The van der Waals surface area contributed by atoms with Crippen molar-refractivity contribution in [3.05, 3.63) is 29.8 Å². The van der Waals surface area contributed by atoms with Gasteiger partial charge in [-0.25, -0.2) is 4.99 Å². The molecular weight excluding hydrogens is 240 g/mol. The number of hydrogen-bond donors (Lipinski definition) is 1. The molecule has 0 amide bonds. The molecule has 1 aromatic carbocycles. The molecule has 3 rings (SSSR count). The van der Waals surface area contributed by atoms with Crippen LogP contribution in [0.5, 0.6) is 5.75 Å². The van der Waals surface area contributed by atoms with Crippen LogP contribution >= 0.6 is 0 Å². The molecule has 2 aliphatic rings. The van der Waals surface area contributed by atoms with Gasteiger partial charge in [-0.15, -0.1) is 0 Å². The quantitative estimate of drug-likeness (QED) is 0.905. The molecule has 0 aliphatic carbocycles. The molecule has 19 heavy (non-hydrogen) atoms. The molecular formula is C15H20N2O2. The number of piperidine rings is 1. The number of benzene rings is 1. The van der Waals surface area contributed by atoms with Gasteiger partial charge in [-0.05, 0) is 43.6 Å². The van der Waals surface area contributed by atoms with E-state index < -0.39 is 0 Å². The first-order valence-corrected chi connectivity index (χ1v) is 6.92. The third-order valence-electron chi connectivity index (χ3n) is 3.84. The summed E-state index contributed by atoms with van der Waals surface area (Å²) in [6.07, 6.45) is 2.26. The molecule has 1 fully saturated rings. The molecule has 1 aromatic rings. The Morgan fingerprint density at radius 2 is 2.16 bits per heavy atom. The molecule has 2 heterocycles. The van der Waals surface area contributed by atoms with Gasteiger partial charge in [0, 0.05) is 5.92 Å². The third kappa shape index (κ3) is 2.73. The van der Waals surface area contributed by atoms with Crippen molar-refractivity contribution in [2.75, 3.05) is 26.8 Å². The van der Waals surface area contributed by atoms with Crippen LogP contribution in [-0.4, -0.2) is 32.7 Å². The van der Waals surface area contributed by atoms with Crippen LogP contribution in [0.25, 0.3) is 0 Å². The van der Waals surface area contributed by atoms with E-state index in [4.69, 9.17) is 14.5 Å². The van der Waals surface area contributed by atoms with Gasteiger partial charge in [0.25, 0.3) is 0 Å². The zero-order valence-corrected chi connectivity index (χ0v) is 11.3. The average molecular weight is 260 g/mol. The third-order valence-corrected chi connectivity index (χ3v) is 3.84. The molecule has 0 spiro atoms. The molecule has 2 aliphatic heterocycles. The van der Waals surface area contributed by atoms with Crippen molar-refractivity contribution >= 4 is 5.90 Å². The van der Waals surface area contributed by atoms with Gasteiger partial charge in [0.2, 0.25) is 0 Å². The fourth-order valence-corrected chi connectivity index (χ4v) is 2.70. The number of rotatable bonds is 3. The van der Waals surface area contributed by atoms with E-state index in [1.54, 1.807) is 7.11 Å².